The molecule has 1 heterocycles. The van der Waals surface area contributed by atoms with Gasteiger partial charge in [-0.1, -0.05) is 82.3 Å². The van der Waals surface area contributed by atoms with Gasteiger partial charge in [0, 0.05) is 27.3 Å². The average Bonchev–Trinajstić information content (AvgIpc) is 3.24. The lowest BCUT2D eigenvalue weighted by Crippen LogP contribution is -2.34. The molecule has 33 heavy (non-hydrogen) atoms. The van der Waals surface area contributed by atoms with Gasteiger partial charge in [-0.2, -0.15) is 0 Å². The largest absolute Gasteiger partial charge is 0.454 e. The van der Waals surface area contributed by atoms with E-state index in [0.29, 0.717) is 6.79 Å². The second-order valence-corrected chi connectivity index (χ2v) is 11.7. The molecule has 0 fully saturated rings. The van der Waals surface area contributed by atoms with Gasteiger partial charge in [0.25, 0.3) is 0 Å². The summed E-state index contributed by atoms with van der Waals surface area (Å²) in [5.74, 6) is 2.45. The van der Waals surface area contributed by atoms with E-state index < -0.39 is 10.8 Å². The van der Waals surface area contributed by atoms with Gasteiger partial charge in [0.1, 0.15) is 0 Å². The summed E-state index contributed by atoms with van der Waals surface area (Å²) in [5, 5.41) is 0.191. The maximum absolute atomic E-state index is 12.3. The van der Waals surface area contributed by atoms with Crippen LogP contribution >= 0.6 is 0 Å². The third kappa shape index (κ3) is 11.2. The molecular formula is C28H43NO3S. The van der Waals surface area contributed by atoms with Crippen LogP contribution in [0.3, 0.4) is 0 Å². The first-order chi connectivity index (χ1) is 15.8. The molecule has 5 heteroatoms. The van der Waals surface area contributed by atoms with Crippen molar-refractivity contribution in [3.63, 3.8) is 0 Å². The standard InChI is InChI=1S/C18H28O3S.C10H15N/c1-3-4-5-6-7-8-11-22(19)15(2)12-16-9-10-17-18(13-16)21-14-20-17;1-10(2,11)8-9-6-4-3-5-7-9/h9-10,13,15H,3-8,11-12,14H2,1-2H3;3-7H,8,11H2,1-2H3. The molecule has 0 saturated carbocycles. The molecule has 2 atom stereocenters. The molecule has 2 N–H and O–H groups in total. The molecule has 4 nitrogen and oxygen atoms in total. The van der Waals surface area contributed by atoms with E-state index in [0.717, 1.165) is 36.5 Å². The quantitative estimate of drug-likeness (QED) is 0.361. The van der Waals surface area contributed by atoms with E-state index in [1.807, 2.05) is 50.2 Å². The van der Waals surface area contributed by atoms with Crippen molar-refractivity contribution in [2.75, 3.05) is 12.5 Å². The predicted molar refractivity (Wildman–Crippen MR) is 141 cm³/mol. The molecular weight excluding hydrogens is 430 g/mol. The van der Waals surface area contributed by atoms with Crippen LogP contribution in [0.1, 0.15) is 77.3 Å². The minimum atomic E-state index is -0.743. The molecule has 1 aliphatic rings. The van der Waals surface area contributed by atoms with Crippen LogP contribution in [0.25, 0.3) is 0 Å². The van der Waals surface area contributed by atoms with Crippen molar-refractivity contribution < 1.29 is 13.7 Å². The van der Waals surface area contributed by atoms with E-state index in [9.17, 15) is 4.21 Å². The van der Waals surface area contributed by atoms with Crippen molar-refractivity contribution in [1.29, 1.82) is 0 Å². The second-order valence-electron chi connectivity index (χ2n) is 9.71. The normalized spacial score (nSPS) is 14.3. The van der Waals surface area contributed by atoms with E-state index >= 15 is 0 Å². The fourth-order valence-electron chi connectivity index (χ4n) is 3.84. The Morgan fingerprint density at radius 1 is 0.939 bits per heavy atom. The van der Waals surface area contributed by atoms with Crippen molar-refractivity contribution in [3.05, 3.63) is 59.7 Å². The maximum atomic E-state index is 12.3. The average molecular weight is 474 g/mol. The summed E-state index contributed by atoms with van der Waals surface area (Å²) in [5.41, 5.74) is 8.25. The lowest BCUT2D eigenvalue weighted by molar-refractivity contribution is 0.174. The molecule has 2 aromatic carbocycles. The molecule has 3 rings (SSSR count). The van der Waals surface area contributed by atoms with Crippen LogP contribution in [0.2, 0.25) is 0 Å². The van der Waals surface area contributed by atoms with Crippen LogP contribution < -0.4 is 15.2 Å². The maximum Gasteiger partial charge on any atom is 0.231 e. The highest BCUT2D eigenvalue weighted by atomic mass is 32.2. The second kappa shape index (κ2) is 14.4. The molecule has 2 aromatic rings. The van der Waals surface area contributed by atoms with E-state index in [1.54, 1.807) is 0 Å². The first-order valence-corrected chi connectivity index (χ1v) is 13.7. The molecule has 2 unspecified atom stereocenters. The zero-order chi connectivity index (χ0) is 24.1. The summed E-state index contributed by atoms with van der Waals surface area (Å²) >= 11 is 0. The summed E-state index contributed by atoms with van der Waals surface area (Å²) < 4.78 is 23.0. The smallest absolute Gasteiger partial charge is 0.231 e. The van der Waals surface area contributed by atoms with Crippen LogP contribution in [0.5, 0.6) is 11.5 Å². The molecule has 0 amide bonds. The SMILES string of the molecule is CC(C)(N)Cc1ccccc1.CCCCCCCCS(=O)C(C)Cc1ccc2c(c1)OCO2. The Bertz CT molecular complexity index is 833. The Labute approximate surface area is 203 Å². The molecule has 184 valence electrons. The van der Waals surface area contributed by atoms with Gasteiger partial charge >= 0.3 is 0 Å². The topological polar surface area (TPSA) is 61.6 Å². The van der Waals surface area contributed by atoms with E-state index in [-0.39, 0.29) is 10.8 Å². The van der Waals surface area contributed by atoms with Crippen LogP contribution in [0.15, 0.2) is 48.5 Å². The minimum absolute atomic E-state index is 0.0959. The Hall–Kier alpha value is -1.85. The summed E-state index contributed by atoms with van der Waals surface area (Å²) in [4.78, 5) is 0. The first kappa shape index (κ1) is 27.4. The van der Waals surface area contributed by atoms with Gasteiger partial charge in [-0.25, -0.2) is 0 Å². The van der Waals surface area contributed by atoms with Crippen molar-refractivity contribution in [1.82, 2.24) is 0 Å². The molecule has 0 radical (unpaired) electrons. The van der Waals surface area contributed by atoms with Gasteiger partial charge in [-0.3, -0.25) is 4.21 Å². The molecule has 0 saturated heterocycles. The zero-order valence-corrected chi connectivity index (χ0v) is 21.8. The van der Waals surface area contributed by atoms with Crippen LogP contribution in [-0.4, -0.2) is 27.5 Å². The van der Waals surface area contributed by atoms with Crippen LogP contribution in [0.4, 0.5) is 0 Å². The van der Waals surface area contributed by atoms with Gasteiger partial charge in [0.15, 0.2) is 11.5 Å². The molecule has 0 bridgehead atoms. The monoisotopic (exact) mass is 473 g/mol. The van der Waals surface area contributed by atoms with Gasteiger partial charge in [0.05, 0.1) is 0 Å². The van der Waals surface area contributed by atoms with Crippen molar-refractivity contribution in [2.24, 2.45) is 5.73 Å². The van der Waals surface area contributed by atoms with E-state index in [1.165, 1.54) is 43.2 Å². The van der Waals surface area contributed by atoms with Gasteiger partial charge in [-0.05, 0) is 56.4 Å². The minimum Gasteiger partial charge on any atom is -0.454 e. The van der Waals surface area contributed by atoms with Crippen LogP contribution in [-0.2, 0) is 23.6 Å². The summed E-state index contributed by atoms with van der Waals surface area (Å²) in [6.45, 7) is 8.70. The Balaban J connectivity index is 0.000000294. The molecule has 0 aliphatic carbocycles. The highest BCUT2D eigenvalue weighted by molar-refractivity contribution is 7.85. The molecule has 1 aliphatic heterocycles. The number of nitrogens with two attached hydrogens (primary N) is 1. The third-order valence-electron chi connectivity index (χ3n) is 5.61. The highest BCUT2D eigenvalue weighted by Gasteiger charge is 2.16. The predicted octanol–water partition coefficient (Wildman–Crippen LogP) is 6.42. The number of hydrogen-bond acceptors (Lipinski definition) is 4. The number of benzene rings is 2. The number of rotatable bonds is 12. The fourth-order valence-corrected chi connectivity index (χ4v) is 5.11. The number of hydrogen-bond donors (Lipinski definition) is 1. The number of fused-ring (bicyclic) bond motifs is 1. The lowest BCUT2D eigenvalue weighted by atomic mass is 9.96. The van der Waals surface area contributed by atoms with Crippen molar-refractivity contribution in [2.45, 2.75) is 89.9 Å². The van der Waals surface area contributed by atoms with Gasteiger partial charge in [0.2, 0.25) is 6.79 Å². The summed E-state index contributed by atoms with van der Waals surface area (Å²) in [7, 11) is -0.743. The first-order valence-electron chi connectivity index (χ1n) is 12.4. The Morgan fingerprint density at radius 2 is 1.61 bits per heavy atom. The van der Waals surface area contributed by atoms with Gasteiger partial charge in [-0.15, -0.1) is 0 Å². The number of ether oxygens (including phenoxy) is 2. The van der Waals surface area contributed by atoms with Crippen molar-refractivity contribution in [3.8, 4) is 11.5 Å². The fraction of sp³-hybridized carbons (Fsp3) is 0.571. The van der Waals surface area contributed by atoms with Crippen molar-refractivity contribution >= 4 is 10.8 Å². The van der Waals surface area contributed by atoms with E-state index in [2.05, 4.69) is 26.0 Å². The summed E-state index contributed by atoms with van der Waals surface area (Å²) in [6, 6.07) is 16.3. The van der Waals surface area contributed by atoms with Crippen LogP contribution in [0, 0.1) is 0 Å². The molecule has 0 spiro atoms. The molecule has 0 aromatic heterocycles. The third-order valence-corrected chi connectivity index (χ3v) is 7.37. The Morgan fingerprint density at radius 3 is 2.30 bits per heavy atom. The summed E-state index contributed by atoms with van der Waals surface area (Å²) in [6.07, 6.45) is 9.26. The number of unbranched alkanes of at least 4 members (excludes halogenated alkanes) is 5. The zero-order valence-electron chi connectivity index (χ0n) is 21.0. The van der Waals surface area contributed by atoms with E-state index in [4.69, 9.17) is 15.2 Å². The highest BCUT2D eigenvalue weighted by Crippen LogP contribution is 2.33. The lowest BCUT2D eigenvalue weighted by Gasteiger charge is -2.17. The Kier molecular flexibility index (Phi) is 12.0. The van der Waals surface area contributed by atoms with Gasteiger partial charge < -0.3 is 15.2 Å².